The lowest BCUT2D eigenvalue weighted by atomic mass is 10.2. The van der Waals surface area contributed by atoms with E-state index in [2.05, 4.69) is 19.9 Å². The minimum Gasteiger partial charge on any atom is -0.422 e. The van der Waals surface area contributed by atoms with Gasteiger partial charge < -0.3 is 14.2 Å². The zero-order valence-electron chi connectivity index (χ0n) is 13.1. The number of hydrogen-bond acceptors (Lipinski definition) is 6. The molecule has 4 heterocycles. The molecule has 0 bridgehead atoms. The van der Waals surface area contributed by atoms with Crippen LogP contribution in [0.3, 0.4) is 0 Å². The van der Waals surface area contributed by atoms with Crippen LogP contribution in [-0.4, -0.2) is 51.9 Å². The van der Waals surface area contributed by atoms with Crippen molar-refractivity contribution in [3.05, 3.63) is 48.4 Å². The Labute approximate surface area is 138 Å². The van der Waals surface area contributed by atoms with E-state index in [0.29, 0.717) is 49.8 Å². The molecule has 7 nitrogen and oxygen atoms in total. The van der Waals surface area contributed by atoms with Crippen LogP contribution in [0.15, 0.2) is 47.3 Å². The van der Waals surface area contributed by atoms with Gasteiger partial charge >= 0.3 is 0 Å². The number of aromatic nitrogens is 3. The third-order valence-electron chi connectivity index (χ3n) is 4.13. The van der Waals surface area contributed by atoms with E-state index in [9.17, 15) is 4.79 Å². The zero-order chi connectivity index (χ0) is 16.4. The summed E-state index contributed by atoms with van der Waals surface area (Å²) < 4.78 is 5.74. The molecule has 1 aliphatic heterocycles. The maximum atomic E-state index is 12.4. The third kappa shape index (κ3) is 2.92. The molecule has 0 saturated carbocycles. The van der Waals surface area contributed by atoms with Gasteiger partial charge in [-0.15, -0.1) is 0 Å². The molecule has 3 aromatic rings. The van der Waals surface area contributed by atoms with Crippen LogP contribution in [0.2, 0.25) is 0 Å². The number of anilines is 1. The number of rotatable bonds is 3. The molecule has 0 N–H and O–H groups in total. The highest BCUT2D eigenvalue weighted by atomic mass is 16.4. The molecule has 0 atom stereocenters. The molecule has 7 heteroatoms. The molecule has 1 saturated heterocycles. The summed E-state index contributed by atoms with van der Waals surface area (Å²) in [6.07, 6.45) is 5.53. The fourth-order valence-electron chi connectivity index (χ4n) is 2.83. The van der Waals surface area contributed by atoms with Crippen molar-refractivity contribution in [1.82, 2.24) is 19.9 Å². The van der Waals surface area contributed by atoms with E-state index in [0.717, 1.165) is 5.56 Å². The van der Waals surface area contributed by atoms with E-state index in [1.54, 1.807) is 18.6 Å². The number of nitrogens with zero attached hydrogens (tertiary/aromatic N) is 5. The number of carbonyl (C=O) groups is 1. The number of piperazine rings is 1. The predicted molar refractivity (Wildman–Crippen MR) is 88.5 cm³/mol. The highest BCUT2D eigenvalue weighted by Gasteiger charge is 2.24. The second-order valence-electron chi connectivity index (χ2n) is 5.73. The summed E-state index contributed by atoms with van der Waals surface area (Å²) in [5.41, 5.74) is 2.24. The average Bonchev–Trinajstić information content (AvgIpc) is 3.07. The number of amides is 1. The van der Waals surface area contributed by atoms with Gasteiger partial charge in [-0.05, 0) is 23.8 Å². The lowest BCUT2D eigenvalue weighted by Crippen LogP contribution is -2.49. The van der Waals surface area contributed by atoms with Gasteiger partial charge in [-0.1, -0.05) is 6.07 Å². The van der Waals surface area contributed by atoms with Gasteiger partial charge in [0, 0.05) is 44.8 Å². The number of hydrogen-bond donors (Lipinski definition) is 0. The van der Waals surface area contributed by atoms with Gasteiger partial charge in [0.15, 0.2) is 5.58 Å². The van der Waals surface area contributed by atoms with Gasteiger partial charge in [0.05, 0.1) is 6.42 Å². The van der Waals surface area contributed by atoms with Crippen molar-refractivity contribution in [2.24, 2.45) is 0 Å². The summed E-state index contributed by atoms with van der Waals surface area (Å²) in [6, 6.07) is 8.02. The van der Waals surface area contributed by atoms with E-state index >= 15 is 0 Å². The van der Waals surface area contributed by atoms with Crippen LogP contribution >= 0.6 is 0 Å². The fraction of sp³-hybridized carbons (Fsp3) is 0.294. The van der Waals surface area contributed by atoms with Gasteiger partial charge in [-0.3, -0.25) is 9.78 Å². The zero-order valence-corrected chi connectivity index (χ0v) is 13.1. The van der Waals surface area contributed by atoms with Crippen LogP contribution in [0, 0.1) is 0 Å². The molecule has 1 fully saturated rings. The summed E-state index contributed by atoms with van der Waals surface area (Å²) in [6.45, 7) is 2.72. The number of pyridine rings is 2. The van der Waals surface area contributed by atoms with Crippen molar-refractivity contribution in [1.29, 1.82) is 0 Å². The highest BCUT2D eigenvalue weighted by Crippen LogP contribution is 2.21. The normalized spacial score (nSPS) is 15.0. The van der Waals surface area contributed by atoms with E-state index < -0.39 is 0 Å². The largest absolute Gasteiger partial charge is 0.422 e. The summed E-state index contributed by atoms with van der Waals surface area (Å²) in [5.74, 6) is 0.127. The minimum absolute atomic E-state index is 0.127. The Bertz CT molecular complexity index is 807. The van der Waals surface area contributed by atoms with Crippen molar-refractivity contribution in [2.75, 3.05) is 31.1 Å². The summed E-state index contributed by atoms with van der Waals surface area (Å²) >= 11 is 0. The first-order valence-electron chi connectivity index (χ1n) is 7.93. The standard InChI is InChI=1S/C17H17N5O2/c23-15(11-13-3-1-5-18-12-13)21-7-9-22(10-8-21)17-20-16-14(24-17)4-2-6-19-16/h1-6,12H,7-11H2. The average molecular weight is 323 g/mol. The number of fused-ring (bicyclic) bond motifs is 1. The quantitative estimate of drug-likeness (QED) is 0.727. The van der Waals surface area contributed by atoms with Crippen LogP contribution < -0.4 is 4.90 Å². The third-order valence-corrected chi connectivity index (χ3v) is 4.13. The second-order valence-corrected chi connectivity index (χ2v) is 5.73. The van der Waals surface area contributed by atoms with Gasteiger partial charge in [0.25, 0.3) is 6.01 Å². The van der Waals surface area contributed by atoms with Crippen molar-refractivity contribution in [3.63, 3.8) is 0 Å². The maximum Gasteiger partial charge on any atom is 0.300 e. The Morgan fingerprint density at radius 2 is 1.96 bits per heavy atom. The first kappa shape index (κ1) is 14.6. The fourth-order valence-corrected chi connectivity index (χ4v) is 2.83. The molecule has 4 rings (SSSR count). The number of oxazole rings is 1. The van der Waals surface area contributed by atoms with Crippen molar-refractivity contribution >= 4 is 23.2 Å². The predicted octanol–water partition coefficient (Wildman–Crippen LogP) is 1.51. The monoisotopic (exact) mass is 323 g/mol. The number of carbonyl (C=O) groups excluding carboxylic acids is 1. The Morgan fingerprint density at radius 3 is 2.71 bits per heavy atom. The van der Waals surface area contributed by atoms with E-state index in [1.165, 1.54) is 0 Å². The summed E-state index contributed by atoms with van der Waals surface area (Å²) in [7, 11) is 0. The minimum atomic E-state index is 0.127. The molecule has 0 radical (unpaired) electrons. The van der Waals surface area contributed by atoms with Gasteiger partial charge in [0.2, 0.25) is 11.6 Å². The van der Waals surface area contributed by atoms with Crippen LogP contribution in [0.25, 0.3) is 11.2 Å². The van der Waals surface area contributed by atoms with Gasteiger partial charge in [-0.25, -0.2) is 4.98 Å². The molecular weight excluding hydrogens is 306 g/mol. The van der Waals surface area contributed by atoms with E-state index in [4.69, 9.17) is 4.42 Å². The Kier molecular flexibility index (Phi) is 3.82. The molecule has 0 unspecified atom stereocenters. The lowest BCUT2D eigenvalue weighted by molar-refractivity contribution is -0.130. The van der Waals surface area contributed by atoms with Crippen LogP contribution in [0.5, 0.6) is 0 Å². The van der Waals surface area contributed by atoms with Crippen LogP contribution in [0.4, 0.5) is 6.01 Å². The van der Waals surface area contributed by atoms with Crippen LogP contribution in [0.1, 0.15) is 5.56 Å². The van der Waals surface area contributed by atoms with Gasteiger partial charge in [-0.2, -0.15) is 4.98 Å². The molecule has 1 amide bonds. The molecule has 0 aliphatic carbocycles. The first-order valence-corrected chi connectivity index (χ1v) is 7.93. The van der Waals surface area contributed by atoms with E-state index in [1.807, 2.05) is 29.2 Å². The van der Waals surface area contributed by atoms with E-state index in [-0.39, 0.29) is 5.91 Å². The molecule has 122 valence electrons. The van der Waals surface area contributed by atoms with Gasteiger partial charge in [0.1, 0.15) is 0 Å². The molecule has 3 aromatic heterocycles. The molecular formula is C17H17N5O2. The van der Waals surface area contributed by atoms with Crippen molar-refractivity contribution in [2.45, 2.75) is 6.42 Å². The first-order chi connectivity index (χ1) is 11.8. The second kappa shape index (κ2) is 6.27. The lowest BCUT2D eigenvalue weighted by Gasteiger charge is -2.33. The maximum absolute atomic E-state index is 12.4. The Balaban J connectivity index is 1.38. The van der Waals surface area contributed by atoms with Crippen molar-refractivity contribution < 1.29 is 9.21 Å². The highest BCUT2D eigenvalue weighted by molar-refractivity contribution is 5.79. The topological polar surface area (TPSA) is 75.4 Å². The Hall–Kier alpha value is -2.96. The Morgan fingerprint density at radius 1 is 1.12 bits per heavy atom. The van der Waals surface area contributed by atoms with Crippen LogP contribution in [-0.2, 0) is 11.2 Å². The smallest absolute Gasteiger partial charge is 0.300 e. The molecule has 0 spiro atoms. The molecule has 24 heavy (non-hydrogen) atoms. The van der Waals surface area contributed by atoms with Crippen molar-refractivity contribution in [3.8, 4) is 0 Å². The molecule has 0 aromatic carbocycles. The SMILES string of the molecule is O=C(Cc1cccnc1)N1CCN(c2nc3ncccc3o2)CC1. The summed E-state index contributed by atoms with van der Waals surface area (Å²) in [5, 5.41) is 0. The summed E-state index contributed by atoms with van der Waals surface area (Å²) in [4.78, 5) is 29.0. The molecule has 1 aliphatic rings.